The number of nitrogens with one attached hydrogen (secondary N) is 1. The molecular formula is C23H25ClN4O2S. The number of allylic oxidation sites excluding steroid dienone is 1. The first-order valence-corrected chi connectivity index (χ1v) is 11.3. The number of halogens is 1. The second kappa shape index (κ2) is 11.0. The van der Waals surface area contributed by atoms with E-state index in [4.69, 9.17) is 16.3 Å². The van der Waals surface area contributed by atoms with Crippen molar-refractivity contribution in [3.63, 3.8) is 0 Å². The van der Waals surface area contributed by atoms with E-state index in [1.165, 1.54) is 11.8 Å². The molecule has 6 nitrogen and oxygen atoms in total. The quantitative estimate of drug-likeness (QED) is 0.331. The molecule has 3 rings (SSSR count). The number of carbonyl (C=O) groups excluding carboxylic acids is 1. The average molecular weight is 457 g/mol. The molecule has 0 unspecified atom stereocenters. The summed E-state index contributed by atoms with van der Waals surface area (Å²) in [5.74, 6) is 1.50. The molecule has 0 fully saturated rings. The number of hydrogen-bond donors (Lipinski definition) is 1. The lowest BCUT2D eigenvalue weighted by Gasteiger charge is -2.11. The smallest absolute Gasteiger partial charge is 0.234 e. The van der Waals surface area contributed by atoms with Gasteiger partial charge in [-0.1, -0.05) is 54.6 Å². The Morgan fingerprint density at radius 3 is 2.84 bits per heavy atom. The Kier molecular flexibility index (Phi) is 8.14. The minimum absolute atomic E-state index is 0.0894. The molecule has 0 aliphatic rings. The molecule has 0 aliphatic carbocycles. The van der Waals surface area contributed by atoms with Gasteiger partial charge in [-0.3, -0.25) is 9.36 Å². The number of carbonyl (C=O) groups is 1. The molecule has 1 aromatic heterocycles. The summed E-state index contributed by atoms with van der Waals surface area (Å²) in [6.45, 7) is 8.56. The molecular weight excluding hydrogens is 432 g/mol. The number of rotatable bonds is 10. The zero-order valence-electron chi connectivity index (χ0n) is 17.6. The molecule has 1 heterocycles. The molecule has 3 aromatic rings. The van der Waals surface area contributed by atoms with Crippen LogP contribution in [0.5, 0.6) is 5.75 Å². The van der Waals surface area contributed by atoms with Crippen molar-refractivity contribution in [2.45, 2.75) is 38.6 Å². The van der Waals surface area contributed by atoms with E-state index in [0.29, 0.717) is 28.3 Å². The Morgan fingerprint density at radius 2 is 2.10 bits per heavy atom. The molecule has 1 N–H and O–H groups in total. The number of benzene rings is 2. The second-order valence-electron chi connectivity index (χ2n) is 6.85. The summed E-state index contributed by atoms with van der Waals surface area (Å²) in [6, 6.07) is 13.3. The van der Waals surface area contributed by atoms with E-state index in [2.05, 4.69) is 29.0 Å². The molecule has 0 spiro atoms. The minimum Gasteiger partial charge on any atom is -0.486 e. The van der Waals surface area contributed by atoms with Crippen molar-refractivity contribution >= 4 is 35.0 Å². The number of amides is 1. The summed E-state index contributed by atoms with van der Waals surface area (Å²) in [5.41, 5.74) is 2.89. The van der Waals surface area contributed by atoms with Crippen LogP contribution in [-0.2, 0) is 24.4 Å². The lowest BCUT2D eigenvalue weighted by atomic mass is 10.1. The summed E-state index contributed by atoms with van der Waals surface area (Å²) >= 11 is 7.40. The third kappa shape index (κ3) is 6.12. The van der Waals surface area contributed by atoms with Crippen molar-refractivity contribution < 1.29 is 9.53 Å². The number of hydrogen-bond acceptors (Lipinski definition) is 5. The van der Waals surface area contributed by atoms with Crippen LogP contribution in [0.3, 0.4) is 0 Å². The van der Waals surface area contributed by atoms with Crippen molar-refractivity contribution in [1.82, 2.24) is 14.8 Å². The SMILES string of the molecule is C=CCn1c(COc2ccc(Cl)c(C)c2)nnc1SCC(=O)Nc1ccccc1CC. The average Bonchev–Trinajstić information content (AvgIpc) is 3.15. The van der Waals surface area contributed by atoms with Crippen LogP contribution >= 0.6 is 23.4 Å². The van der Waals surface area contributed by atoms with Gasteiger partial charge in [0.1, 0.15) is 12.4 Å². The fraction of sp³-hybridized carbons (Fsp3) is 0.261. The van der Waals surface area contributed by atoms with E-state index >= 15 is 0 Å². The highest BCUT2D eigenvalue weighted by molar-refractivity contribution is 7.99. The zero-order chi connectivity index (χ0) is 22.2. The Labute approximate surface area is 191 Å². The van der Waals surface area contributed by atoms with Crippen LogP contribution in [0, 0.1) is 6.92 Å². The second-order valence-corrected chi connectivity index (χ2v) is 8.19. The van der Waals surface area contributed by atoms with Gasteiger partial charge in [0.05, 0.1) is 5.75 Å². The maximum absolute atomic E-state index is 12.5. The number of para-hydroxylation sites is 1. The molecule has 0 atom stereocenters. The molecule has 0 aliphatic heterocycles. The first kappa shape index (κ1) is 22.9. The summed E-state index contributed by atoms with van der Waals surface area (Å²) in [4.78, 5) is 12.5. The predicted octanol–water partition coefficient (Wildman–Crippen LogP) is 5.30. The molecule has 0 saturated heterocycles. The topological polar surface area (TPSA) is 69.0 Å². The fourth-order valence-corrected chi connectivity index (χ4v) is 3.85. The molecule has 0 radical (unpaired) electrons. The normalized spacial score (nSPS) is 10.7. The van der Waals surface area contributed by atoms with Gasteiger partial charge in [0.25, 0.3) is 0 Å². The Morgan fingerprint density at radius 1 is 1.29 bits per heavy atom. The van der Waals surface area contributed by atoms with Gasteiger partial charge >= 0.3 is 0 Å². The Balaban J connectivity index is 1.63. The highest BCUT2D eigenvalue weighted by Gasteiger charge is 2.15. The van der Waals surface area contributed by atoms with Gasteiger partial charge in [-0.15, -0.1) is 16.8 Å². The van der Waals surface area contributed by atoms with Crippen molar-refractivity contribution in [2.75, 3.05) is 11.1 Å². The lowest BCUT2D eigenvalue weighted by molar-refractivity contribution is -0.113. The third-order valence-electron chi connectivity index (χ3n) is 4.61. The van der Waals surface area contributed by atoms with E-state index in [0.717, 1.165) is 23.2 Å². The largest absolute Gasteiger partial charge is 0.486 e. The predicted molar refractivity (Wildman–Crippen MR) is 126 cm³/mol. The number of ether oxygens (including phenoxy) is 1. The van der Waals surface area contributed by atoms with E-state index in [-0.39, 0.29) is 18.3 Å². The van der Waals surface area contributed by atoms with Crippen molar-refractivity contribution in [3.8, 4) is 5.75 Å². The fourth-order valence-electron chi connectivity index (χ4n) is 2.97. The van der Waals surface area contributed by atoms with Crippen LogP contribution in [0.2, 0.25) is 5.02 Å². The molecule has 2 aromatic carbocycles. The Hall–Kier alpha value is -2.77. The number of aryl methyl sites for hydroxylation is 2. The van der Waals surface area contributed by atoms with Crippen LogP contribution < -0.4 is 10.1 Å². The molecule has 8 heteroatoms. The van der Waals surface area contributed by atoms with Crippen molar-refractivity contribution in [3.05, 3.63) is 77.1 Å². The maximum atomic E-state index is 12.5. The van der Waals surface area contributed by atoms with Crippen molar-refractivity contribution in [2.24, 2.45) is 0 Å². The maximum Gasteiger partial charge on any atom is 0.234 e. The van der Waals surface area contributed by atoms with Crippen LogP contribution in [0.1, 0.15) is 23.9 Å². The van der Waals surface area contributed by atoms with Crippen LogP contribution in [0.4, 0.5) is 5.69 Å². The number of nitrogens with zero attached hydrogens (tertiary/aromatic N) is 3. The summed E-state index contributed by atoms with van der Waals surface area (Å²) in [6.07, 6.45) is 2.62. The van der Waals surface area contributed by atoms with Gasteiger partial charge in [-0.2, -0.15) is 0 Å². The molecule has 31 heavy (non-hydrogen) atoms. The Bertz CT molecular complexity index is 1070. The summed E-state index contributed by atoms with van der Waals surface area (Å²) < 4.78 is 7.75. The highest BCUT2D eigenvalue weighted by Crippen LogP contribution is 2.23. The zero-order valence-corrected chi connectivity index (χ0v) is 19.2. The van der Waals surface area contributed by atoms with Gasteiger partial charge in [-0.25, -0.2) is 0 Å². The van der Waals surface area contributed by atoms with Gasteiger partial charge in [-0.05, 0) is 48.7 Å². The van der Waals surface area contributed by atoms with Crippen LogP contribution in [-0.4, -0.2) is 26.4 Å². The molecule has 0 saturated carbocycles. The minimum atomic E-state index is -0.0894. The molecule has 162 valence electrons. The third-order valence-corrected chi connectivity index (χ3v) is 6.00. The van der Waals surface area contributed by atoms with Crippen molar-refractivity contribution in [1.29, 1.82) is 0 Å². The number of aromatic nitrogens is 3. The molecule has 0 bridgehead atoms. The number of thioether (sulfide) groups is 1. The lowest BCUT2D eigenvalue weighted by Crippen LogP contribution is -2.16. The van der Waals surface area contributed by atoms with Crippen LogP contribution in [0.25, 0.3) is 0 Å². The van der Waals surface area contributed by atoms with Gasteiger partial charge < -0.3 is 10.1 Å². The number of anilines is 1. The molecule has 1 amide bonds. The van der Waals surface area contributed by atoms with Gasteiger partial charge in [0.2, 0.25) is 5.91 Å². The van der Waals surface area contributed by atoms with E-state index in [1.54, 1.807) is 12.1 Å². The first-order valence-electron chi connectivity index (χ1n) is 9.94. The summed E-state index contributed by atoms with van der Waals surface area (Å²) in [5, 5.41) is 12.8. The van der Waals surface area contributed by atoms with Gasteiger partial charge in [0.15, 0.2) is 11.0 Å². The van der Waals surface area contributed by atoms with E-state index in [1.807, 2.05) is 47.9 Å². The van der Waals surface area contributed by atoms with E-state index in [9.17, 15) is 4.79 Å². The standard InChI is InChI=1S/C23H25ClN4O2S/c1-4-12-28-21(14-30-18-10-11-19(24)16(3)13-18)26-27-23(28)31-15-22(29)25-20-9-7-6-8-17(20)5-2/h4,6-11,13H,1,5,12,14-15H2,2-3H3,(H,25,29). The van der Waals surface area contributed by atoms with Gasteiger partial charge in [0, 0.05) is 17.3 Å². The van der Waals surface area contributed by atoms with E-state index < -0.39 is 0 Å². The summed E-state index contributed by atoms with van der Waals surface area (Å²) in [7, 11) is 0. The monoisotopic (exact) mass is 456 g/mol. The highest BCUT2D eigenvalue weighted by atomic mass is 35.5. The van der Waals surface area contributed by atoms with Crippen LogP contribution in [0.15, 0.2) is 60.3 Å². The first-order chi connectivity index (χ1) is 15.0.